The highest BCUT2D eigenvalue weighted by atomic mass is 19.1. The van der Waals surface area contributed by atoms with Crippen molar-refractivity contribution >= 4 is 35.5 Å². The molecule has 9 nitrogen and oxygen atoms in total. The number of benzene rings is 3. The van der Waals surface area contributed by atoms with Crippen molar-refractivity contribution in [3.05, 3.63) is 111 Å². The van der Waals surface area contributed by atoms with E-state index >= 15 is 0 Å². The van der Waals surface area contributed by atoms with Crippen molar-refractivity contribution in [1.29, 1.82) is 0 Å². The van der Waals surface area contributed by atoms with Crippen LogP contribution in [0.2, 0.25) is 0 Å². The van der Waals surface area contributed by atoms with Crippen molar-refractivity contribution in [2.24, 2.45) is 5.10 Å². The molecule has 0 unspecified atom stereocenters. The molecule has 0 spiro atoms. The third-order valence-electron chi connectivity index (χ3n) is 4.80. The Balaban J connectivity index is 1.86. The first-order valence-corrected chi connectivity index (χ1v) is 10.4. The number of hydrazone groups is 1. The summed E-state index contributed by atoms with van der Waals surface area (Å²) in [6, 6.07) is 18.1. The zero-order chi connectivity index (χ0) is 25.4. The number of halogens is 1. The van der Waals surface area contributed by atoms with E-state index in [2.05, 4.69) is 15.8 Å². The van der Waals surface area contributed by atoms with Gasteiger partial charge in [-0.1, -0.05) is 30.3 Å². The average molecular weight is 475 g/mol. The Labute approximate surface area is 200 Å². The van der Waals surface area contributed by atoms with Crippen molar-refractivity contribution < 1.29 is 18.9 Å². The molecule has 0 aliphatic heterocycles. The smallest absolute Gasteiger partial charge is 0.287 e. The predicted octanol–water partition coefficient (Wildman–Crippen LogP) is 3.72. The molecular weight excluding hydrogens is 453 g/mol. The molecule has 0 saturated carbocycles. The third kappa shape index (κ3) is 6.81. The molecular formula is C25H22FN5O4. The monoisotopic (exact) mass is 475 g/mol. The minimum Gasteiger partial charge on any atom is -0.378 e. The maximum absolute atomic E-state index is 13.5. The lowest BCUT2D eigenvalue weighted by Gasteiger charge is -2.12. The van der Waals surface area contributed by atoms with Gasteiger partial charge in [-0.25, -0.2) is 9.82 Å². The van der Waals surface area contributed by atoms with Gasteiger partial charge in [0.05, 0.1) is 16.7 Å². The van der Waals surface area contributed by atoms with Gasteiger partial charge in [-0.05, 0) is 48.0 Å². The van der Waals surface area contributed by atoms with E-state index in [1.54, 1.807) is 18.2 Å². The van der Waals surface area contributed by atoms with Crippen LogP contribution in [0.3, 0.4) is 0 Å². The van der Waals surface area contributed by atoms with Crippen LogP contribution < -0.4 is 15.6 Å². The number of anilines is 1. The summed E-state index contributed by atoms with van der Waals surface area (Å²) >= 11 is 0. The lowest BCUT2D eigenvalue weighted by molar-refractivity contribution is -0.385. The van der Waals surface area contributed by atoms with Crippen LogP contribution in [0.25, 0.3) is 6.08 Å². The molecule has 2 amide bonds. The van der Waals surface area contributed by atoms with Crippen LogP contribution in [0, 0.1) is 15.9 Å². The normalized spacial score (nSPS) is 11.2. The van der Waals surface area contributed by atoms with Gasteiger partial charge in [-0.3, -0.25) is 19.7 Å². The van der Waals surface area contributed by atoms with Gasteiger partial charge in [0, 0.05) is 31.4 Å². The fraction of sp³-hybridized carbons (Fsp3) is 0.0800. The van der Waals surface area contributed by atoms with Crippen LogP contribution in [-0.4, -0.2) is 37.0 Å². The molecule has 2 N–H and O–H groups in total. The summed E-state index contributed by atoms with van der Waals surface area (Å²) in [5.41, 5.74) is 3.68. The number of carbonyl (C=O) groups is 2. The second-order valence-corrected chi connectivity index (χ2v) is 7.52. The number of amides is 2. The van der Waals surface area contributed by atoms with E-state index in [1.165, 1.54) is 42.5 Å². The Hall–Kier alpha value is -4.86. The highest BCUT2D eigenvalue weighted by Crippen LogP contribution is 2.16. The number of nitrogens with one attached hydrogen (secondary N) is 2. The predicted molar refractivity (Wildman–Crippen MR) is 131 cm³/mol. The fourth-order valence-electron chi connectivity index (χ4n) is 3.00. The largest absolute Gasteiger partial charge is 0.378 e. The molecule has 178 valence electrons. The SMILES string of the molecule is CN(C)c1ccc(/C=C(\NC(=O)c2cccc(F)c2)C(=O)N/N=C/c2ccccc2[N+](=O)[O-])cc1. The van der Waals surface area contributed by atoms with Gasteiger partial charge < -0.3 is 10.2 Å². The number of carbonyl (C=O) groups excluding carboxylic acids is 2. The van der Waals surface area contributed by atoms with E-state index in [9.17, 15) is 24.1 Å². The lowest BCUT2D eigenvalue weighted by atomic mass is 10.1. The topological polar surface area (TPSA) is 117 Å². The fourth-order valence-corrected chi connectivity index (χ4v) is 3.00. The molecule has 3 aromatic rings. The Morgan fingerprint density at radius 1 is 1.03 bits per heavy atom. The molecule has 3 rings (SSSR count). The van der Waals surface area contributed by atoms with Gasteiger partial charge in [0.2, 0.25) is 0 Å². The molecule has 0 bridgehead atoms. The van der Waals surface area contributed by atoms with Crippen LogP contribution in [0.4, 0.5) is 15.8 Å². The molecule has 0 fully saturated rings. The van der Waals surface area contributed by atoms with E-state index in [4.69, 9.17) is 0 Å². The minimum absolute atomic E-state index is 0.0232. The van der Waals surface area contributed by atoms with E-state index in [-0.39, 0.29) is 22.5 Å². The number of para-hydroxylation sites is 1. The van der Waals surface area contributed by atoms with E-state index < -0.39 is 22.6 Å². The van der Waals surface area contributed by atoms with Crippen LogP contribution in [-0.2, 0) is 4.79 Å². The highest BCUT2D eigenvalue weighted by molar-refractivity contribution is 6.05. The summed E-state index contributed by atoms with van der Waals surface area (Å²) in [7, 11) is 3.77. The molecule has 3 aromatic carbocycles. The van der Waals surface area contributed by atoms with Gasteiger partial charge in [0.1, 0.15) is 11.5 Å². The van der Waals surface area contributed by atoms with E-state index in [0.29, 0.717) is 5.56 Å². The number of hydrogen-bond acceptors (Lipinski definition) is 6. The zero-order valence-corrected chi connectivity index (χ0v) is 18.9. The lowest BCUT2D eigenvalue weighted by Crippen LogP contribution is -2.32. The average Bonchev–Trinajstić information content (AvgIpc) is 2.84. The molecule has 35 heavy (non-hydrogen) atoms. The Morgan fingerprint density at radius 2 is 1.74 bits per heavy atom. The second kappa shape index (κ2) is 11.3. The molecule has 0 radical (unpaired) electrons. The van der Waals surface area contributed by atoms with Crippen molar-refractivity contribution in [2.45, 2.75) is 0 Å². The Morgan fingerprint density at radius 3 is 2.40 bits per heavy atom. The summed E-state index contributed by atoms with van der Waals surface area (Å²) < 4.78 is 13.5. The highest BCUT2D eigenvalue weighted by Gasteiger charge is 2.16. The molecule has 10 heteroatoms. The summed E-state index contributed by atoms with van der Waals surface area (Å²) in [5.74, 6) is -2.07. The van der Waals surface area contributed by atoms with Gasteiger partial charge in [0.15, 0.2) is 0 Å². The maximum Gasteiger partial charge on any atom is 0.287 e. The van der Waals surface area contributed by atoms with Crippen LogP contribution >= 0.6 is 0 Å². The van der Waals surface area contributed by atoms with Gasteiger partial charge >= 0.3 is 0 Å². The zero-order valence-electron chi connectivity index (χ0n) is 18.9. The first-order valence-electron chi connectivity index (χ1n) is 10.4. The first-order chi connectivity index (χ1) is 16.7. The van der Waals surface area contributed by atoms with E-state index in [0.717, 1.165) is 18.0 Å². The van der Waals surface area contributed by atoms with E-state index in [1.807, 2.05) is 31.1 Å². The molecule has 0 saturated heterocycles. The minimum atomic E-state index is -0.777. The number of hydrogen-bond donors (Lipinski definition) is 2. The number of nitrogens with zero attached hydrogens (tertiary/aromatic N) is 3. The van der Waals surface area contributed by atoms with Crippen LogP contribution in [0.5, 0.6) is 0 Å². The maximum atomic E-state index is 13.5. The van der Waals surface area contributed by atoms with Crippen LogP contribution in [0.15, 0.2) is 83.6 Å². The Kier molecular flexibility index (Phi) is 8.02. The van der Waals surface area contributed by atoms with Crippen molar-refractivity contribution in [2.75, 3.05) is 19.0 Å². The van der Waals surface area contributed by atoms with Gasteiger partial charge in [-0.15, -0.1) is 0 Å². The van der Waals surface area contributed by atoms with Gasteiger partial charge in [0.25, 0.3) is 17.5 Å². The van der Waals surface area contributed by atoms with Gasteiger partial charge in [-0.2, -0.15) is 5.10 Å². The Bertz CT molecular complexity index is 1300. The second-order valence-electron chi connectivity index (χ2n) is 7.52. The number of rotatable bonds is 8. The molecule has 0 aliphatic rings. The summed E-state index contributed by atoms with van der Waals surface area (Å²) in [6.45, 7) is 0. The third-order valence-corrected chi connectivity index (χ3v) is 4.80. The standard InChI is InChI=1S/C25H22FN5O4/c1-30(2)21-12-10-17(11-13-21)14-22(28-24(32)18-7-5-8-20(26)15-18)25(33)29-27-16-19-6-3-4-9-23(19)31(34)35/h3-16H,1-2H3,(H,28,32)(H,29,33)/b22-14-,27-16+. The quantitative estimate of drug-likeness (QED) is 0.223. The van der Waals surface area contributed by atoms with Crippen molar-refractivity contribution in [3.8, 4) is 0 Å². The summed E-state index contributed by atoms with van der Waals surface area (Å²) in [6.07, 6.45) is 2.57. The molecule has 0 aliphatic carbocycles. The van der Waals surface area contributed by atoms with Crippen molar-refractivity contribution in [3.63, 3.8) is 0 Å². The first kappa shape index (κ1) is 24.8. The summed E-state index contributed by atoms with van der Waals surface area (Å²) in [5, 5.41) is 17.4. The molecule has 0 aromatic heterocycles. The molecule has 0 heterocycles. The van der Waals surface area contributed by atoms with Crippen LogP contribution in [0.1, 0.15) is 21.5 Å². The molecule has 0 atom stereocenters. The van der Waals surface area contributed by atoms with Crippen molar-refractivity contribution in [1.82, 2.24) is 10.7 Å². The number of nitro benzene ring substituents is 1. The summed E-state index contributed by atoms with van der Waals surface area (Å²) in [4.78, 5) is 38.0. The number of nitro groups is 1.